The highest BCUT2D eigenvalue weighted by Crippen LogP contribution is 2.32. The fourth-order valence-electron chi connectivity index (χ4n) is 2.23. The van der Waals surface area contributed by atoms with Crippen LogP contribution in [0.5, 0.6) is 5.75 Å². The van der Waals surface area contributed by atoms with Crippen molar-refractivity contribution >= 4 is 34.4 Å². The van der Waals surface area contributed by atoms with Crippen LogP contribution in [0.2, 0.25) is 0 Å². The summed E-state index contributed by atoms with van der Waals surface area (Å²) < 4.78 is 85.0. The van der Waals surface area contributed by atoms with Crippen LogP contribution in [0.3, 0.4) is 0 Å². The first kappa shape index (κ1) is 21.8. The molecule has 28 heavy (non-hydrogen) atoms. The number of carbonyl (C=O) groups is 2. The molecule has 8 nitrogen and oxygen atoms in total. The summed E-state index contributed by atoms with van der Waals surface area (Å²) in [4.78, 5) is 25.2. The number of benzene rings is 1. The highest BCUT2D eigenvalue weighted by molar-refractivity contribution is 7.89. The summed E-state index contributed by atoms with van der Waals surface area (Å²) in [6.07, 6.45) is -0.00507. The third-order valence-electron chi connectivity index (χ3n) is 3.43. The van der Waals surface area contributed by atoms with E-state index in [-0.39, 0.29) is 11.3 Å². The lowest BCUT2D eigenvalue weighted by molar-refractivity contribution is -0.144. The van der Waals surface area contributed by atoms with Crippen molar-refractivity contribution < 1.29 is 48.2 Å². The molecule has 0 aliphatic carbocycles. The lowest BCUT2D eigenvalue weighted by Gasteiger charge is -2.21. The molecule has 1 atom stereocenters. The molecule has 1 unspecified atom stereocenters. The van der Waals surface area contributed by atoms with Crippen molar-refractivity contribution in [1.82, 2.24) is 4.90 Å². The predicted molar refractivity (Wildman–Crippen MR) is 86.5 cm³/mol. The highest BCUT2D eigenvalue weighted by Gasteiger charge is 2.50. The van der Waals surface area contributed by atoms with Gasteiger partial charge < -0.3 is 13.1 Å². The van der Waals surface area contributed by atoms with Crippen molar-refractivity contribution in [3.8, 4) is 5.75 Å². The molecule has 0 radical (unpaired) electrons. The number of carbonyl (C=O) groups excluding carboxylic acids is 2. The molecular formula is C14H11F4NO7S2. The van der Waals surface area contributed by atoms with Gasteiger partial charge in [-0.3, -0.25) is 9.69 Å². The molecule has 0 bridgehead atoms. The molecule has 1 heterocycles. The third-order valence-corrected chi connectivity index (χ3v) is 4.69. The Kier molecular flexibility index (Phi) is 6.44. The van der Waals surface area contributed by atoms with Gasteiger partial charge in [-0.15, -0.1) is 3.89 Å². The van der Waals surface area contributed by atoms with Crippen molar-refractivity contribution in [2.45, 2.75) is 18.0 Å². The summed E-state index contributed by atoms with van der Waals surface area (Å²) in [6, 6.07) is 3.58. The second-order valence-electron chi connectivity index (χ2n) is 5.21. The summed E-state index contributed by atoms with van der Waals surface area (Å²) in [6.45, 7) is 0. The molecule has 1 amide bonds. The maximum Gasteiger partial charge on any atom is 0.534 e. The Morgan fingerprint density at radius 3 is 2.54 bits per heavy atom. The quantitative estimate of drug-likeness (QED) is 0.217. The molecule has 0 fully saturated rings. The Morgan fingerprint density at radius 1 is 1.29 bits per heavy atom. The first-order chi connectivity index (χ1) is 13.0. The molecule has 1 aromatic carbocycles. The maximum atomic E-state index is 12.6. The highest BCUT2D eigenvalue weighted by atomic mass is 32.2. The van der Waals surface area contributed by atoms with E-state index in [2.05, 4.69) is 13.1 Å². The number of esters is 1. The van der Waals surface area contributed by atoms with Crippen LogP contribution in [-0.4, -0.2) is 43.9 Å². The van der Waals surface area contributed by atoms with Gasteiger partial charge in [0, 0.05) is 18.2 Å². The van der Waals surface area contributed by atoms with E-state index < -0.39 is 58.2 Å². The molecule has 14 heteroatoms. The van der Waals surface area contributed by atoms with E-state index >= 15 is 0 Å². The first-order valence-electron chi connectivity index (χ1n) is 7.17. The van der Waals surface area contributed by atoms with Crippen LogP contribution < -0.4 is 4.18 Å². The lowest BCUT2D eigenvalue weighted by atomic mass is 10.1. The molecule has 0 saturated heterocycles. The standard InChI is InChI=1S/C14H11F4NO7S2/c1-24-13(21)11-6-10(26-28(22,23)14(15,16)17)7-19(11)12(20)8-3-2-4-9(5-8)25-27-18/h2-5,7,11H,6H2,1H3. The van der Waals surface area contributed by atoms with Gasteiger partial charge in [-0.2, -0.15) is 21.6 Å². The Labute approximate surface area is 160 Å². The Bertz CT molecular complexity index is 901. The topological polar surface area (TPSA) is 99.2 Å². The van der Waals surface area contributed by atoms with Crippen LogP contribution in [0.4, 0.5) is 17.1 Å². The van der Waals surface area contributed by atoms with Gasteiger partial charge in [-0.25, -0.2) is 4.79 Å². The zero-order valence-corrected chi connectivity index (χ0v) is 15.4. The van der Waals surface area contributed by atoms with E-state index in [0.29, 0.717) is 11.1 Å². The van der Waals surface area contributed by atoms with Gasteiger partial charge in [0.2, 0.25) is 0 Å². The number of amides is 1. The van der Waals surface area contributed by atoms with Crippen LogP contribution >= 0.6 is 12.4 Å². The van der Waals surface area contributed by atoms with Crippen molar-refractivity contribution in [2.75, 3.05) is 7.11 Å². The molecule has 1 aromatic rings. The average Bonchev–Trinajstić information content (AvgIpc) is 3.03. The minimum absolute atomic E-state index is 0.0488. The largest absolute Gasteiger partial charge is 0.534 e. The molecule has 0 N–H and O–H groups in total. The molecule has 1 aliphatic rings. The molecule has 1 aliphatic heterocycles. The van der Waals surface area contributed by atoms with Crippen LogP contribution in [0.15, 0.2) is 36.2 Å². The van der Waals surface area contributed by atoms with Gasteiger partial charge >= 0.3 is 21.6 Å². The van der Waals surface area contributed by atoms with Crippen molar-refractivity contribution in [2.24, 2.45) is 0 Å². The minimum atomic E-state index is -5.99. The fraction of sp³-hybridized carbons (Fsp3) is 0.286. The van der Waals surface area contributed by atoms with Gasteiger partial charge in [-0.05, 0) is 18.2 Å². The monoisotopic (exact) mass is 445 g/mol. The maximum absolute atomic E-state index is 12.6. The Morgan fingerprint density at radius 2 is 1.96 bits per heavy atom. The summed E-state index contributed by atoms with van der Waals surface area (Å²) in [7, 11) is -5.01. The molecule has 0 spiro atoms. The number of alkyl halides is 3. The summed E-state index contributed by atoms with van der Waals surface area (Å²) in [5, 5.41) is 0. The van der Waals surface area contributed by atoms with E-state index in [1.54, 1.807) is 0 Å². The molecule has 2 rings (SSSR count). The molecular weight excluding hydrogens is 434 g/mol. The fourth-order valence-corrected chi connectivity index (χ4v) is 2.89. The van der Waals surface area contributed by atoms with Crippen molar-refractivity contribution in [3.63, 3.8) is 0 Å². The van der Waals surface area contributed by atoms with E-state index in [4.69, 9.17) is 0 Å². The third kappa shape index (κ3) is 4.67. The second kappa shape index (κ2) is 8.26. The Hall–Kier alpha value is -2.48. The van der Waals surface area contributed by atoms with Gasteiger partial charge in [0.15, 0.2) is 0 Å². The second-order valence-corrected chi connectivity index (χ2v) is 7.04. The number of rotatable bonds is 6. The van der Waals surface area contributed by atoms with Crippen molar-refractivity contribution in [3.05, 3.63) is 41.8 Å². The van der Waals surface area contributed by atoms with E-state index in [1.165, 1.54) is 18.2 Å². The van der Waals surface area contributed by atoms with E-state index in [1.807, 2.05) is 0 Å². The van der Waals surface area contributed by atoms with Crippen LogP contribution in [0.1, 0.15) is 16.8 Å². The minimum Gasteiger partial charge on any atom is -0.467 e. The van der Waals surface area contributed by atoms with Crippen LogP contribution in [0, 0.1) is 0 Å². The number of ether oxygens (including phenoxy) is 1. The number of hydrogen-bond acceptors (Lipinski definition) is 8. The smallest absolute Gasteiger partial charge is 0.467 e. The Balaban J connectivity index is 2.35. The van der Waals surface area contributed by atoms with E-state index in [0.717, 1.165) is 13.2 Å². The SMILES string of the molecule is COC(=O)C1CC(OS(=O)(=O)C(F)(F)F)=CN1C(=O)c1cccc(OSF)c1. The number of hydrogen-bond donors (Lipinski definition) is 0. The lowest BCUT2D eigenvalue weighted by Crippen LogP contribution is -2.39. The number of halogens is 4. The summed E-state index contributed by atoms with van der Waals surface area (Å²) >= 11 is -0.479. The zero-order chi connectivity index (χ0) is 21.1. The van der Waals surface area contributed by atoms with Gasteiger partial charge in [0.25, 0.3) is 18.3 Å². The first-order valence-corrected chi connectivity index (χ1v) is 9.22. The number of nitrogens with zero attached hydrogens (tertiary/aromatic N) is 1. The normalized spacial score (nSPS) is 17.1. The van der Waals surface area contributed by atoms with E-state index in [9.17, 15) is 35.1 Å². The molecule has 0 saturated carbocycles. The van der Waals surface area contributed by atoms with Crippen molar-refractivity contribution in [1.29, 1.82) is 0 Å². The zero-order valence-electron chi connectivity index (χ0n) is 13.8. The van der Waals surface area contributed by atoms with Gasteiger partial charge in [0.05, 0.1) is 7.11 Å². The molecule has 154 valence electrons. The van der Waals surface area contributed by atoms with Crippen LogP contribution in [-0.2, 0) is 23.8 Å². The average molecular weight is 445 g/mol. The van der Waals surface area contributed by atoms with Gasteiger partial charge in [0.1, 0.15) is 17.6 Å². The van der Waals surface area contributed by atoms with Crippen LogP contribution in [0.25, 0.3) is 0 Å². The predicted octanol–water partition coefficient (Wildman–Crippen LogP) is 2.69. The molecule has 0 aromatic heterocycles. The summed E-state index contributed by atoms with van der Waals surface area (Å²) in [5.41, 5.74) is -5.81. The number of methoxy groups -OCH3 is 1. The summed E-state index contributed by atoms with van der Waals surface area (Å²) in [5.74, 6) is -2.76. The van der Waals surface area contributed by atoms with Gasteiger partial charge in [-0.1, -0.05) is 6.07 Å².